The second-order valence-electron chi connectivity index (χ2n) is 9.81. The average Bonchev–Trinajstić information content (AvgIpc) is 3.63. The SMILES string of the molecule is CCOC(=O)C1CCN(C(=O)Cc2csc(NC(=O)CN(C(=O)C3CCCCC3)C3CC3)n2)CC1. The normalized spacial score (nSPS) is 19.3. The van der Waals surface area contributed by atoms with Crippen molar-refractivity contribution in [2.75, 3.05) is 31.6 Å². The number of ether oxygens (including phenoxy) is 1. The summed E-state index contributed by atoms with van der Waals surface area (Å²) in [7, 11) is 0. The maximum absolute atomic E-state index is 13.0. The Bertz CT molecular complexity index is 917. The summed E-state index contributed by atoms with van der Waals surface area (Å²) < 4.78 is 5.08. The molecule has 0 unspecified atom stereocenters. The van der Waals surface area contributed by atoms with Crippen LogP contribution in [-0.2, 0) is 30.3 Å². The van der Waals surface area contributed by atoms with Crippen LogP contribution in [0.4, 0.5) is 5.13 Å². The summed E-state index contributed by atoms with van der Waals surface area (Å²) in [5, 5.41) is 5.04. The van der Waals surface area contributed by atoms with Gasteiger partial charge in [0, 0.05) is 30.4 Å². The summed E-state index contributed by atoms with van der Waals surface area (Å²) in [4.78, 5) is 58.2. The van der Waals surface area contributed by atoms with Gasteiger partial charge in [-0.2, -0.15) is 0 Å². The van der Waals surface area contributed by atoms with Gasteiger partial charge in [0.1, 0.15) is 6.54 Å². The lowest BCUT2D eigenvalue weighted by Crippen LogP contribution is -2.43. The lowest BCUT2D eigenvalue weighted by atomic mass is 9.88. The van der Waals surface area contributed by atoms with Crippen molar-refractivity contribution in [2.45, 2.75) is 77.2 Å². The van der Waals surface area contributed by atoms with Crippen molar-refractivity contribution in [3.8, 4) is 0 Å². The molecule has 1 aromatic rings. The van der Waals surface area contributed by atoms with Crippen LogP contribution in [0.3, 0.4) is 0 Å². The van der Waals surface area contributed by atoms with Crippen LogP contribution in [0, 0.1) is 11.8 Å². The van der Waals surface area contributed by atoms with Gasteiger partial charge in [0.2, 0.25) is 17.7 Å². The highest BCUT2D eigenvalue weighted by atomic mass is 32.1. The van der Waals surface area contributed by atoms with Crippen LogP contribution in [0.5, 0.6) is 0 Å². The fourth-order valence-electron chi connectivity index (χ4n) is 5.01. The van der Waals surface area contributed by atoms with Crippen LogP contribution in [0.25, 0.3) is 0 Å². The smallest absolute Gasteiger partial charge is 0.309 e. The number of carbonyl (C=O) groups is 4. The molecule has 0 bridgehead atoms. The summed E-state index contributed by atoms with van der Waals surface area (Å²) in [6, 6.07) is 0.188. The Morgan fingerprint density at radius 2 is 1.77 bits per heavy atom. The third-order valence-electron chi connectivity index (χ3n) is 7.14. The van der Waals surface area contributed by atoms with E-state index in [1.165, 1.54) is 17.8 Å². The van der Waals surface area contributed by atoms with Crippen LogP contribution < -0.4 is 5.32 Å². The number of hydrogen-bond donors (Lipinski definition) is 1. The summed E-state index contributed by atoms with van der Waals surface area (Å²) >= 11 is 1.29. The molecule has 1 saturated heterocycles. The Morgan fingerprint density at radius 3 is 2.43 bits per heavy atom. The van der Waals surface area contributed by atoms with Crippen LogP contribution >= 0.6 is 11.3 Å². The van der Waals surface area contributed by atoms with E-state index in [2.05, 4.69) is 10.3 Å². The van der Waals surface area contributed by atoms with Crippen molar-refractivity contribution >= 4 is 40.2 Å². The molecule has 10 heteroatoms. The second kappa shape index (κ2) is 12.0. The van der Waals surface area contributed by atoms with E-state index >= 15 is 0 Å². The van der Waals surface area contributed by atoms with Gasteiger partial charge >= 0.3 is 5.97 Å². The number of likely N-dealkylation sites (tertiary alicyclic amines) is 1. The van der Waals surface area contributed by atoms with Crippen molar-refractivity contribution in [1.82, 2.24) is 14.8 Å². The number of nitrogens with zero attached hydrogens (tertiary/aromatic N) is 3. The highest BCUT2D eigenvalue weighted by molar-refractivity contribution is 7.13. The van der Waals surface area contributed by atoms with E-state index in [0.29, 0.717) is 43.4 Å². The Balaban J connectivity index is 1.24. The van der Waals surface area contributed by atoms with Crippen molar-refractivity contribution in [3.05, 3.63) is 11.1 Å². The average molecular weight is 505 g/mol. The molecule has 1 N–H and O–H groups in total. The quantitative estimate of drug-likeness (QED) is 0.518. The Hall–Kier alpha value is -2.49. The number of aromatic nitrogens is 1. The van der Waals surface area contributed by atoms with Crippen molar-refractivity contribution in [1.29, 1.82) is 0 Å². The summed E-state index contributed by atoms with van der Waals surface area (Å²) in [5.41, 5.74) is 0.611. The molecule has 192 valence electrons. The lowest BCUT2D eigenvalue weighted by molar-refractivity contribution is -0.151. The molecular formula is C25H36N4O5S. The lowest BCUT2D eigenvalue weighted by Gasteiger charge is -2.30. The topological polar surface area (TPSA) is 109 Å². The predicted octanol–water partition coefficient (Wildman–Crippen LogP) is 3.00. The van der Waals surface area contributed by atoms with Gasteiger partial charge in [-0.1, -0.05) is 19.3 Å². The number of hydrogen-bond acceptors (Lipinski definition) is 7. The molecule has 3 amide bonds. The van der Waals surface area contributed by atoms with E-state index in [4.69, 9.17) is 4.74 Å². The molecule has 9 nitrogen and oxygen atoms in total. The minimum Gasteiger partial charge on any atom is -0.466 e. The zero-order chi connectivity index (χ0) is 24.8. The Morgan fingerprint density at radius 1 is 1.06 bits per heavy atom. The fourth-order valence-corrected chi connectivity index (χ4v) is 5.73. The Kier molecular flexibility index (Phi) is 8.75. The molecule has 0 atom stereocenters. The number of carbonyl (C=O) groups excluding carboxylic acids is 4. The number of piperidine rings is 1. The molecule has 1 aliphatic heterocycles. The molecule has 35 heavy (non-hydrogen) atoms. The maximum atomic E-state index is 13.0. The van der Waals surface area contributed by atoms with E-state index in [0.717, 1.165) is 38.5 Å². The van der Waals surface area contributed by atoms with Crippen molar-refractivity contribution in [2.24, 2.45) is 11.8 Å². The molecule has 0 spiro atoms. The molecule has 3 aliphatic rings. The van der Waals surface area contributed by atoms with Crippen molar-refractivity contribution in [3.63, 3.8) is 0 Å². The third kappa shape index (κ3) is 7.02. The van der Waals surface area contributed by atoms with Gasteiger partial charge in [-0.25, -0.2) is 4.98 Å². The molecule has 4 rings (SSSR count). The molecule has 0 aromatic carbocycles. The number of rotatable bonds is 9. The molecule has 2 heterocycles. The monoisotopic (exact) mass is 504 g/mol. The predicted molar refractivity (Wildman–Crippen MR) is 132 cm³/mol. The standard InChI is InChI=1S/C25H36N4O5S/c1-2-34-24(33)18-10-12-28(13-11-18)22(31)14-19-16-35-25(26-19)27-21(30)15-29(20-8-9-20)23(32)17-6-4-3-5-7-17/h16-18,20H,2-15H2,1H3,(H,26,27,30). The van der Waals surface area contributed by atoms with Gasteiger partial charge in [0.05, 0.1) is 24.6 Å². The molecule has 1 aromatic heterocycles. The van der Waals surface area contributed by atoms with Gasteiger partial charge in [0.25, 0.3) is 0 Å². The number of anilines is 1. The summed E-state index contributed by atoms with van der Waals surface area (Å²) in [6.45, 7) is 3.28. The molecule has 3 fully saturated rings. The first kappa shape index (κ1) is 25.6. The highest BCUT2D eigenvalue weighted by Crippen LogP contribution is 2.32. The number of nitrogens with one attached hydrogen (secondary N) is 1. The summed E-state index contributed by atoms with van der Waals surface area (Å²) in [5.74, 6) is -0.417. The van der Waals surface area contributed by atoms with E-state index < -0.39 is 0 Å². The van der Waals surface area contributed by atoms with Gasteiger partial charge < -0.3 is 19.9 Å². The van der Waals surface area contributed by atoms with Gasteiger partial charge in [-0.3, -0.25) is 19.2 Å². The number of amides is 3. The van der Waals surface area contributed by atoms with Gasteiger partial charge in [-0.15, -0.1) is 11.3 Å². The molecule has 0 radical (unpaired) electrons. The molecule has 2 saturated carbocycles. The van der Waals surface area contributed by atoms with E-state index in [1.54, 1.807) is 22.1 Å². The highest BCUT2D eigenvalue weighted by Gasteiger charge is 2.37. The second-order valence-corrected chi connectivity index (χ2v) is 10.7. The molecular weight excluding hydrogens is 468 g/mol. The van der Waals surface area contributed by atoms with Crippen LogP contribution in [0.15, 0.2) is 5.38 Å². The first-order valence-corrected chi connectivity index (χ1v) is 13.8. The zero-order valence-electron chi connectivity index (χ0n) is 20.5. The summed E-state index contributed by atoms with van der Waals surface area (Å²) in [6.07, 6.45) is 8.52. The molecule has 2 aliphatic carbocycles. The van der Waals surface area contributed by atoms with E-state index in [9.17, 15) is 19.2 Å². The third-order valence-corrected chi connectivity index (χ3v) is 7.94. The van der Waals surface area contributed by atoms with E-state index in [1.807, 2.05) is 0 Å². The zero-order valence-corrected chi connectivity index (χ0v) is 21.3. The van der Waals surface area contributed by atoms with E-state index in [-0.39, 0.29) is 54.5 Å². The maximum Gasteiger partial charge on any atom is 0.309 e. The first-order chi connectivity index (χ1) is 16.9. The Labute approximate surface area is 210 Å². The minimum absolute atomic E-state index is 0.0338. The number of thiazole rings is 1. The minimum atomic E-state index is -0.241. The number of esters is 1. The van der Waals surface area contributed by atoms with Crippen molar-refractivity contribution < 1.29 is 23.9 Å². The van der Waals surface area contributed by atoms with Crippen LogP contribution in [0.1, 0.15) is 70.4 Å². The van der Waals surface area contributed by atoms with Crippen LogP contribution in [0.2, 0.25) is 0 Å². The fraction of sp³-hybridized carbons (Fsp3) is 0.720. The van der Waals surface area contributed by atoms with Gasteiger partial charge in [-0.05, 0) is 45.4 Å². The largest absolute Gasteiger partial charge is 0.466 e. The van der Waals surface area contributed by atoms with Crippen LogP contribution in [-0.4, -0.2) is 70.8 Å². The van der Waals surface area contributed by atoms with Gasteiger partial charge in [0.15, 0.2) is 5.13 Å². The first-order valence-electron chi connectivity index (χ1n) is 12.9.